The first-order chi connectivity index (χ1) is 9.15. The Bertz CT molecular complexity index is 579. The molecule has 98 valence electrons. The van der Waals surface area contributed by atoms with Gasteiger partial charge in [-0.15, -0.1) is 0 Å². The van der Waals surface area contributed by atoms with Gasteiger partial charge in [0, 0.05) is 0 Å². The molecule has 0 saturated heterocycles. The van der Waals surface area contributed by atoms with Gasteiger partial charge in [0.2, 0.25) is 0 Å². The van der Waals surface area contributed by atoms with E-state index >= 15 is 0 Å². The minimum atomic E-state index is 0.358. The van der Waals surface area contributed by atoms with E-state index in [0.29, 0.717) is 17.5 Å². The molecule has 19 heavy (non-hydrogen) atoms. The molecule has 2 aromatic carbocycles. The zero-order chi connectivity index (χ0) is 13.7. The topological polar surface area (TPSA) is 50.4 Å². The largest absolute Gasteiger partial charge is 0.370 e. The summed E-state index contributed by atoms with van der Waals surface area (Å²) >= 11 is 6.08. The van der Waals surface area contributed by atoms with Gasteiger partial charge in [-0.05, 0) is 30.2 Å². The number of rotatable bonds is 3. The summed E-state index contributed by atoms with van der Waals surface area (Å²) in [6.07, 6.45) is 0. The highest BCUT2D eigenvalue weighted by Gasteiger charge is 2.01. The predicted molar refractivity (Wildman–Crippen MR) is 81.6 cm³/mol. The zero-order valence-electron chi connectivity index (χ0n) is 10.7. The molecule has 0 unspecified atom stereocenters. The second-order valence-electron chi connectivity index (χ2n) is 4.30. The molecule has 0 bridgehead atoms. The van der Waals surface area contributed by atoms with Crippen LogP contribution in [0.2, 0.25) is 5.02 Å². The summed E-state index contributed by atoms with van der Waals surface area (Å²) in [7, 11) is 0. The van der Waals surface area contributed by atoms with Gasteiger partial charge in [0.1, 0.15) is 0 Å². The van der Waals surface area contributed by atoms with Gasteiger partial charge in [0.05, 0.1) is 17.3 Å². The van der Waals surface area contributed by atoms with Crippen molar-refractivity contribution in [1.82, 2.24) is 0 Å². The number of halogens is 1. The lowest BCUT2D eigenvalue weighted by Crippen LogP contribution is -2.22. The van der Waals surface area contributed by atoms with Crippen LogP contribution in [0.15, 0.2) is 53.5 Å². The van der Waals surface area contributed by atoms with Crippen molar-refractivity contribution in [1.29, 1.82) is 0 Å². The maximum Gasteiger partial charge on any atom is 0.193 e. The molecule has 0 atom stereocenters. The Kier molecular flexibility index (Phi) is 4.42. The molecule has 0 aliphatic rings. The standard InChI is InChI=1S/C15H16ClN3/c1-11-7-8-13(16)14(9-11)19-15(17)18-10-12-5-3-2-4-6-12/h2-9H,10H2,1H3,(H3,17,18,19). The normalized spacial score (nSPS) is 11.4. The maximum absolute atomic E-state index is 6.08. The first kappa shape index (κ1) is 13.4. The molecule has 0 radical (unpaired) electrons. The number of nitrogens with zero attached hydrogens (tertiary/aromatic N) is 1. The molecule has 0 amide bonds. The third-order valence-electron chi connectivity index (χ3n) is 2.66. The Morgan fingerprint density at radius 1 is 1.21 bits per heavy atom. The molecule has 0 aliphatic heterocycles. The highest BCUT2D eigenvalue weighted by atomic mass is 35.5. The van der Waals surface area contributed by atoms with E-state index in [1.165, 1.54) is 0 Å². The summed E-state index contributed by atoms with van der Waals surface area (Å²) < 4.78 is 0. The quantitative estimate of drug-likeness (QED) is 0.663. The monoisotopic (exact) mass is 273 g/mol. The van der Waals surface area contributed by atoms with Crippen LogP contribution in [-0.2, 0) is 6.54 Å². The molecule has 0 aliphatic carbocycles. The average molecular weight is 274 g/mol. The SMILES string of the molecule is Cc1ccc(Cl)c(NC(N)=NCc2ccccc2)c1. The Hall–Kier alpha value is -2.00. The van der Waals surface area contributed by atoms with Gasteiger partial charge in [-0.1, -0.05) is 48.0 Å². The molecule has 0 heterocycles. The van der Waals surface area contributed by atoms with E-state index in [2.05, 4.69) is 10.3 Å². The molecule has 0 fully saturated rings. The van der Waals surface area contributed by atoms with Gasteiger partial charge in [0.25, 0.3) is 0 Å². The van der Waals surface area contributed by atoms with Crippen LogP contribution in [0.5, 0.6) is 0 Å². The number of aliphatic imine (C=N–C) groups is 1. The van der Waals surface area contributed by atoms with E-state index in [1.54, 1.807) is 0 Å². The number of nitrogens with two attached hydrogens (primary N) is 1. The van der Waals surface area contributed by atoms with E-state index in [-0.39, 0.29) is 0 Å². The number of hydrogen-bond donors (Lipinski definition) is 2. The minimum Gasteiger partial charge on any atom is -0.370 e. The van der Waals surface area contributed by atoms with Gasteiger partial charge in [-0.25, -0.2) is 4.99 Å². The van der Waals surface area contributed by atoms with Crippen molar-refractivity contribution < 1.29 is 0 Å². The van der Waals surface area contributed by atoms with Gasteiger partial charge >= 0.3 is 0 Å². The number of hydrogen-bond acceptors (Lipinski definition) is 1. The van der Waals surface area contributed by atoms with Crippen LogP contribution >= 0.6 is 11.6 Å². The molecule has 0 spiro atoms. The molecule has 3 nitrogen and oxygen atoms in total. The van der Waals surface area contributed by atoms with Gasteiger partial charge < -0.3 is 11.1 Å². The average Bonchev–Trinajstić information content (AvgIpc) is 2.42. The van der Waals surface area contributed by atoms with E-state index < -0.39 is 0 Å². The second kappa shape index (κ2) is 6.25. The van der Waals surface area contributed by atoms with Crippen molar-refractivity contribution in [2.75, 3.05) is 5.32 Å². The van der Waals surface area contributed by atoms with Crippen LogP contribution in [0.1, 0.15) is 11.1 Å². The van der Waals surface area contributed by atoms with E-state index in [4.69, 9.17) is 17.3 Å². The summed E-state index contributed by atoms with van der Waals surface area (Å²) in [5.41, 5.74) is 8.85. The fraction of sp³-hybridized carbons (Fsp3) is 0.133. The Morgan fingerprint density at radius 2 is 1.95 bits per heavy atom. The number of aryl methyl sites for hydroxylation is 1. The zero-order valence-corrected chi connectivity index (χ0v) is 11.5. The first-order valence-electron chi connectivity index (χ1n) is 6.02. The molecular weight excluding hydrogens is 258 g/mol. The summed E-state index contributed by atoms with van der Waals surface area (Å²) in [5.74, 6) is 0.358. The van der Waals surface area contributed by atoms with Gasteiger partial charge in [-0.2, -0.15) is 0 Å². The summed E-state index contributed by atoms with van der Waals surface area (Å²) in [4.78, 5) is 4.29. The Labute approximate surface area is 118 Å². The molecule has 0 saturated carbocycles. The fourth-order valence-corrected chi connectivity index (χ4v) is 1.84. The smallest absolute Gasteiger partial charge is 0.193 e. The van der Waals surface area contributed by atoms with Crippen molar-refractivity contribution in [3.8, 4) is 0 Å². The highest BCUT2D eigenvalue weighted by Crippen LogP contribution is 2.22. The Balaban J connectivity index is 2.04. The summed E-state index contributed by atoms with van der Waals surface area (Å²) in [6.45, 7) is 2.54. The number of benzene rings is 2. The van der Waals surface area contributed by atoms with Crippen LogP contribution < -0.4 is 11.1 Å². The minimum absolute atomic E-state index is 0.358. The maximum atomic E-state index is 6.08. The molecule has 4 heteroatoms. The lowest BCUT2D eigenvalue weighted by atomic mass is 10.2. The van der Waals surface area contributed by atoms with Crippen molar-refractivity contribution in [2.24, 2.45) is 10.7 Å². The molecular formula is C15H16ClN3. The fourth-order valence-electron chi connectivity index (χ4n) is 1.67. The van der Waals surface area contributed by atoms with Crippen LogP contribution in [0.3, 0.4) is 0 Å². The van der Waals surface area contributed by atoms with Crippen LogP contribution in [0.25, 0.3) is 0 Å². The number of guanidine groups is 1. The van der Waals surface area contributed by atoms with Crippen molar-refractivity contribution in [2.45, 2.75) is 13.5 Å². The molecule has 3 N–H and O–H groups in total. The number of nitrogens with one attached hydrogen (secondary N) is 1. The highest BCUT2D eigenvalue weighted by molar-refractivity contribution is 6.33. The van der Waals surface area contributed by atoms with Crippen molar-refractivity contribution in [3.63, 3.8) is 0 Å². The van der Waals surface area contributed by atoms with Gasteiger partial charge in [0.15, 0.2) is 5.96 Å². The molecule has 0 aromatic heterocycles. The van der Waals surface area contributed by atoms with Crippen molar-refractivity contribution >= 4 is 23.2 Å². The van der Waals surface area contributed by atoms with E-state index in [1.807, 2.05) is 55.5 Å². The second-order valence-corrected chi connectivity index (χ2v) is 4.70. The third-order valence-corrected chi connectivity index (χ3v) is 2.99. The third kappa shape index (κ3) is 4.00. The van der Waals surface area contributed by atoms with Crippen LogP contribution in [0.4, 0.5) is 5.69 Å². The van der Waals surface area contributed by atoms with Crippen LogP contribution in [0, 0.1) is 6.92 Å². The number of anilines is 1. The summed E-state index contributed by atoms with van der Waals surface area (Å²) in [5, 5.41) is 3.65. The Morgan fingerprint density at radius 3 is 2.68 bits per heavy atom. The predicted octanol–water partition coefficient (Wildman–Crippen LogP) is 3.58. The molecule has 2 aromatic rings. The van der Waals surface area contributed by atoms with Gasteiger partial charge in [-0.3, -0.25) is 0 Å². The lowest BCUT2D eigenvalue weighted by molar-refractivity contribution is 1.06. The van der Waals surface area contributed by atoms with Crippen molar-refractivity contribution in [3.05, 3.63) is 64.7 Å². The van der Waals surface area contributed by atoms with Crippen LogP contribution in [-0.4, -0.2) is 5.96 Å². The van der Waals surface area contributed by atoms with E-state index in [9.17, 15) is 0 Å². The first-order valence-corrected chi connectivity index (χ1v) is 6.40. The summed E-state index contributed by atoms with van der Waals surface area (Å²) in [6, 6.07) is 15.7. The van der Waals surface area contributed by atoms with E-state index in [0.717, 1.165) is 16.8 Å². The lowest BCUT2D eigenvalue weighted by Gasteiger charge is -2.08. The molecule has 2 rings (SSSR count).